The zero-order valence-electron chi connectivity index (χ0n) is 22.5. The number of amides is 1. The molecule has 1 N–H and O–H groups in total. The molecule has 1 unspecified atom stereocenters. The number of hydrogen-bond donors (Lipinski definition) is 1. The van der Waals surface area contributed by atoms with Crippen LogP contribution in [0.25, 0.3) is 6.08 Å². The van der Waals surface area contributed by atoms with Gasteiger partial charge in [-0.05, 0) is 120 Å². The molecule has 5 heteroatoms. The van der Waals surface area contributed by atoms with Gasteiger partial charge in [-0.2, -0.15) is 13.2 Å². The highest BCUT2D eigenvalue weighted by molar-refractivity contribution is 5.86. The fourth-order valence-corrected chi connectivity index (χ4v) is 7.19. The molecule has 1 aromatic carbocycles. The van der Waals surface area contributed by atoms with Gasteiger partial charge in [0.2, 0.25) is 5.91 Å². The van der Waals surface area contributed by atoms with Gasteiger partial charge >= 0.3 is 6.18 Å². The van der Waals surface area contributed by atoms with Crippen LogP contribution >= 0.6 is 0 Å². The lowest BCUT2D eigenvalue weighted by Gasteiger charge is -2.45. The van der Waals surface area contributed by atoms with Gasteiger partial charge in [0.1, 0.15) is 0 Å². The van der Waals surface area contributed by atoms with Crippen LogP contribution in [0.1, 0.15) is 93.9 Å². The summed E-state index contributed by atoms with van der Waals surface area (Å²) in [6.07, 6.45) is 6.46. The van der Waals surface area contributed by atoms with Crippen LogP contribution in [0, 0.1) is 49.9 Å². The van der Waals surface area contributed by atoms with Crippen molar-refractivity contribution in [1.29, 1.82) is 0 Å². The first-order valence-corrected chi connectivity index (χ1v) is 13.7. The summed E-state index contributed by atoms with van der Waals surface area (Å²) in [5.41, 5.74) is 6.98. The van der Waals surface area contributed by atoms with Crippen molar-refractivity contribution in [2.24, 2.45) is 29.1 Å². The molecule has 2 nitrogen and oxygen atoms in total. The van der Waals surface area contributed by atoms with Gasteiger partial charge in [0.05, 0.1) is 11.3 Å². The van der Waals surface area contributed by atoms with Crippen molar-refractivity contribution < 1.29 is 18.0 Å². The molecule has 36 heavy (non-hydrogen) atoms. The second kappa shape index (κ2) is 10.4. The molecule has 0 bridgehead atoms. The molecule has 2 aliphatic carbocycles. The third-order valence-electron chi connectivity index (χ3n) is 9.43. The minimum atomic E-state index is -4.10. The number of benzene rings is 1. The predicted molar refractivity (Wildman–Crippen MR) is 140 cm³/mol. The summed E-state index contributed by atoms with van der Waals surface area (Å²) in [4.78, 5) is 13.3. The molecule has 1 spiro atoms. The zero-order chi connectivity index (χ0) is 26.3. The van der Waals surface area contributed by atoms with Crippen LogP contribution in [-0.4, -0.2) is 12.1 Å². The van der Waals surface area contributed by atoms with E-state index >= 15 is 0 Å². The Labute approximate surface area is 214 Å². The maximum Gasteiger partial charge on any atom is 0.391 e. The standard InChI is InChI=1S/C31H42F3NO/c1-19-16-21(3)27(22(4)17-19)11-6-20(2)24-12-14-30(15-13-24)18-23(5)28(35-29(30)36)25-7-9-26(10-8-25)31(32,33)34/h6,11,16-17,20,24-26H,7-10,12-15,18H2,1-5H3,(H,35,36)/b11-6+. The highest BCUT2D eigenvalue weighted by Gasteiger charge is 2.47. The number of halogens is 3. The minimum Gasteiger partial charge on any atom is -0.329 e. The monoisotopic (exact) mass is 501 g/mol. The maximum atomic E-state index is 13.3. The molecule has 1 aliphatic heterocycles. The molecular formula is C31H42F3NO. The van der Waals surface area contributed by atoms with E-state index < -0.39 is 12.1 Å². The first-order chi connectivity index (χ1) is 16.9. The Bertz CT molecular complexity index is 1010. The Hall–Kier alpha value is -2.04. The van der Waals surface area contributed by atoms with E-state index in [0.717, 1.165) is 37.8 Å². The topological polar surface area (TPSA) is 29.1 Å². The van der Waals surface area contributed by atoms with E-state index in [2.05, 4.69) is 64.2 Å². The van der Waals surface area contributed by atoms with E-state index in [4.69, 9.17) is 0 Å². The molecule has 2 saturated carbocycles. The van der Waals surface area contributed by atoms with Gasteiger partial charge in [-0.1, -0.05) is 42.3 Å². The lowest BCUT2D eigenvalue weighted by atomic mass is 9.63. The van der Waals surface area contributed by atoms with Crippen molar-refractivity contribution in [3.8, 4) is 0 Å². The van der Waals surface area contributed by atoms with E-state index in [1.807, 2.05) is 0 Å². The van der Waals surface area contributed by atoms with Crippen molar-refractivity contribution in [2.45, 2.75) is 98.6 Å². The Morgan fingerprint density at radius 3 is 2.11 bits per heavy atom. The number of nitrogens with one attached hydrogen (secondary N) is 1. The van der Waals surface area contributed by atoms with E-state index in [1.54, 1.807) is 0 Å². The van der Waals surface area contributed by atoms with Gasteiger partial charge in [0.15, 0.2) is 0 Å². The molecule has 2 fully saturated rings. The minimum absolute atomic E-state index is 0.0556. The number of carbonyl (C=O) groups is 1. The summed E-state index contributed by atoms with van der Waals surface area (Å²) < 4.78 is 39.2. The SMILES string of the molecule is CC1=C(C2CCC(C(F)(F)F)CC2)NC(=O)C2(CCC(C(C)/C=C/c3c(C)cc(C)cc3C)CC2)C1. The van der Waals surface area contributed by atoms with Gasteiger partial charge in [0, 0.05) is 5.70 Å². The smallest absolute Gasteiger partial charge is 0.329 e. The quantitative estimate of drug-likeness (QED) is 0.440. The molecule has 0 radical (unpaired) electrons. The van der Waals surface area contributed by atoms with Crippen molar-refractivity contribution >= 4 is 12.0 Å². The molecule has 3 aliphatic rings. The molecule has 198 valence electrons. The highest BCUT2D eigenvalue weighted by Crippen LogP contribution is 2.50. The maximum absolute atomic E-state index is 13.3. The Balaban J connectivity index is 1.36. The summed E-state index contributed by atoms with van der Waals surface area (Å²) in [7, 11) is 0. The number of alkyl halides is 3. The molecular weight excluding hydrogens is 459 g/mol. The van der Waals surface area contributed by atoms with Gasteiger partial charge < -0.3 is 5.32 Å². The van der Waals surface area contributed by atoms with Crippen LogP contribution < -0.4 is 5.32 Å². The van der Waals surface area contributed by atoms with Crippen molar-refractivity contribution in [3.05, 3.63) is 51.7 Å². The van der Waals surface area contributed by atoms with Crippen molar-refractivity contribution in [2.75, 3.05) is 0 Å². The fourth-order valence-electron chi connectivity index (χ4n) is 7.19. The summed E-state index contributed by atoms with van der Waals surface area (Å²) in [6.45, 7) is 10.8. The normalized spacial score (nSPS) is 30.7. The average Bonchev–Trinajstić information content (AvgIpc) is 2.80. The predicted octanol–water partition coefficient (Wildman–Crippen LogP) is 8.60. The van der Waals surface area contributed by atoms with Crippen molar-refractivity contribution in [3.63, 3.8) is 0 Å². The third-order valence-corrected chi connectivity index (χ3v) is 9.43. The Morgan fingerprint density at radius 2 is 1.56 bits per heavy atom. The average molecular weight is 502 g/mol. The highest BCUT2D eigenvalue weighted by atomic mass is 19.4. The van der Waals surface area contributed by atoms with E-state index in [9.17, 15) is 18.0 Å². The van der Waals surface area contributed by atoms with Crippen LogP contribution in [0.2, 0.25) is 0 Å². The molecule has 1 heterocycles. The van der Waals surface area contributed by atoms with E-state index in [-0.39, 0.29) is 30.1 Å². The van der Waals surface area contributed by atoms with Crippen molar-refractivity contribution in [1.82, 2.24) is 5.32 Å². The molecule has 0 saturated heterocycles. The first-order valence-electron chi connectivity index (χ1n) is 13.7. The first kappa shape index (κ1) is 27.0. The second-order valence-electron chi connectivity index (χ2n) is 12.1. The molecule has 1 atom stereocenters. The number of hydrogen-bond acceptors (Lipinski definition) is 1. The summed E-state index contributed by atoms with van der Waals surface area (Å²) in [5, 5.41) is 3.20. The number of rotatable bonds is 4. The van der Waals surface area contributed by atoms with Crippen LogP contribution in [0.3, 0.4) is 0 Å². The number of aryl methyl sites for hydroxylation is 3. The zero-order valence-corrected chi connectivity index (χ0v) is 22.5. The van der Waals surface area contributed by atoms with Gasteiger partial charge in [-0.15, -0.1) is 0 Å². The van der Waals surface area contributed by atoms with Crippen LogP contribution in [-0.2, 0) is 4.79 Å². The van der Waals surface area contributed by atoms with Crippen LogP contribution in [0.5, 0.6) is 0 Å². The summed E-state index contributed by atoms with van der Waals surface area (Å²) >= 11 is 0. The second-order valence-corrected chi connectivity index (χ2v) is 12.1. The summed E-state index contributed by atoms with van der Waals surface area (Å²) in [6, 6.07) is 4.46. The number of carbonyl (C=O) groups excluding carboxylic acids is 1. The lowest BCUT2D eigenvalue weighted by Crippen LogP contribution is -2.48. The molecule has 4 rings (SSSR count). The summed E-state index contributed by atoms with van der Waals surface area (Å²) in [5.74, 6) is -0.0155. The largest absolute Gasteiger partial charge is 0.391 e. The fraction of sp³-hybridized carbons (Fsp3) is 0.645. The Morgan fingerprint density at radius 1 is 0.972 bits per heavy atom. The molecule has 0 aromatic heterocycles. The van der Waals surface area contributed by atoms with Crippen LogP contribution in [0.4, 0.5) is 13.2 Å². The lowest BCUT2D eigenvalue weighted by molar-refractivity contribution is -0.183. The molecule has 1 aromatic rings. The Kier molecular flexibility index (Phi) is 7.78. The molecule has 1 amide bonds. The van der Waals surface area contributed by atoms with Gasteiger partial charge in [0.25, 0.3) is 0 Å². The van der Waals surface area contributed by atoms with E-state index in [0.29, 0.717) is 24.7 Å². The van der Waals surface area contributed by atoms with Gasteiger partial charge in [-0.3, -0.25) is 4.79 Å². The van der Waals surface area contributed by atoms with Crippen LogP contribution in [0.15, 0.2) is 29.5 Å². The number of allylic oxidation sites excluding steroid dienone is 3. The third kappa shape index (κ3) is 5.60. The van der Waals surface area contributed by atoms with Gasteiger partial charge in [-0.25, -0.2) is 0 Å². The van der Waals surface area contributed by atoms with E-state index in [1.165, 1.54) is 27.8 Å².